The molecule has 0 aliphatic heterocycles. The Balaban J connectivity index is -0.000000245. The molecule has 2 radical (unpaired) electrons. The number of carbonyl (C=O) groups is 1. The molecule has 0 atom stereocenters. The van der Waals surface area contributed by atoms with Gasteiger partial charge < -0.3 is 17.6 Å². The Morgan fingerprint density at radius 1 is 1.20 bits per heavy atom. The third-order valence-corrected chi connectivity index (χ3v) is 1.19. The van der Waals surface area contributed by atoms with E-state index in [4.69, 9.17) is 0 Å². The van der Waals surface area contributed by atoms with Crippen molar-refractivity contribution in [3.05, 3.63) is 12.8 Å². The maximum absolute atomic E-state index is 10.5. The number of ketones is 1. The van der Waals surface area contributed by atoms with Crippen molar-refractivity contribution in [3.8, 4) is 0 Å². The van der Waals surface area contributed by atoms with E-state index in [9.17, 15) is 4.79 Å². The van der Waals surface area contributed by atoms with Crippen LogP contribution in [0.1, 0.15) is 20.8 Å². The van der Waals surface area contributed by atoms with Gasteiger partial charge in [-0.15, -0.1) is 0 Å². The summed E-state index contributed by atoms with van der Waals surface area (Å²) in [6.45, 7) is 5.39. The minimum absolute atomic E-state index is 0. The summed E-state index contributed by atoms with van der Waals surface area (Å²) in [6, 6.07) is 0. The van der Waals surface area contributed by atoms with Crippen LogP contribution in [0.3, 0.4) is 0 Å². The van der Waals surface area contributed by atoms with Crippen molar-refractivity contribution < 1.29 is 70.2 Å². The summed E-state index contributed by atoms with van der Waals surface area (Å²) in [4.78, 5) is 10.5. The first-order valence-electron chi connectivity index (χ1n) is 2.81. The van der Waals surface area contributed by atoms with Gasteiger partial charge in [-0.2, -0.15) is 13.8 Å². The van der Waals surface area contributed by atoms with E-state index in [-0.39, 0.29) is 77.1 Å². The molecule has 0 bridgehead atoms. The van der Waals surface area contributed by atoms with E-state index < -0.39 is 0 Å². The van der Waals surface area contributed by atoms with E-state index in [1.165, 1.54) is 0 Å². The SMILES string of the molecule is C[CH-]C([CH-]C)C(C)=O.[Y].[Y]. The minimum atomic E-state index is 0. The van der Waals surface area contributed by atoms with Gasteiger partial charge in [0.2, 0.25) is 0 Å². The van der Waals surface area contributed by atoms with Gasteiger partial charge in [0.25, 0.3) is 0 Å². The predicted molar refractivity (Wildman–Crippen MR) is 34.1 cm³/mol. The van der Waals surface area contributed by atoms with E-state index in [0.717, 1.165) is 0 Å². The molecule has 0 saturated heterocycles. The Labute approximate surface area is 114 Å². The molecule has 0 fully saturated rings. The smallest absolute Gasteiger partial charge is 0.0749 e. The van der Waals surface area contributed by atoms with Gasteiger partial charge in [-0.05, 0) is 6.92 Å². The van der Waals surface area contributed by atoms with Crippen LogP contribution < -0.4 is 0 Å². The topological polar surface area (TPSA) is 17.1 Å². The van der Waals surface area contributed by atoms with Crippen molar-refractivity contribution in [2.45, 2.75) is 20.8 Å². The van der Waals surface area contributed by atoms with Crippen LogP contribution in [0.5, 0.6) is 0 Å². The minimum Gasteiger partial charge on any atom is -0.351 e. The number of hydrogen-bond donors (Lipinski definition) is 0. The molecule has 0 aromatic heterocycles. The number of rotatable bonds is 3. The van der Waals surface area contributed by atoms with Crippen LogP contribution in [0, 0.1) is 18.8 Å². The van der Waals surface area contributed by atoms with Crippen molar-refractivity contribution in [2.75, 3.05) is 0 Å². The number of hydrogen-bond acceptors (Lipinski definition) is 1. The molecule has 0 saturated carbocycles. The molecule has 0 heterocycles. The molecule has 3 heteroatoms. The van der Waals surface area contributed by atoms with Crippen LogP contribution in [0.25, 0.3) is 0 Å². The van der Waals surface area contributed by atoms with Crippen molar-refractivity contribution in [3.63, 3.8) is 0 Å². The average Bonchev–Trinajstić information content (AvgIpc) is 1.69. The van der Waals surface area contributed by atoms with E-state index in [1.54, 1.807) is 6.92 Å². The molecule has 0 rings (SSSR count). The largest absolute Gasteiger partial charge is 0.351 e. The second-order valence-corrected chi connectivity index (χ2v) is 1.80. The summed E-state index contributed by atoms with van der Waals surface area (Å²) in [7, 11) is 0. The van der Waals surface area contributed by atoms with Gasteiger partial charge in [0.15, 0.2) is 0 Å². The zero-order valence-corrected chi connectivity index (χ0v) is 12.5. The predicted octanol–water partition coefficient (Wildman–Crippen LogP) is 1.63. The standard InChI is InChI=1S/C7H12O.2Y/c1-4-7(5-2)6(3)8;;/h4-5,7H,1-3H3;;/q-2;;. The second-order valence-electron chi connectivity index (χ2n) is 1.80. The van der Waals surface area contributed by atoms with Crippen molar-refractivity contribution in [1.82, 2.24) is 0 Å². The average molecular weight is 290 g/mol. The fourth-order valence-corrected chi connectivity index (χ4v) is 0.662. The molecule has 0 spiro atoms. The molecule has 0 aliphatic carbocycles. The van der Waals surface area contributed by atoms with E-state index >= 15 is 0 Å². The van der Waals surface area contributed by atoms with Gasteiger partial charge >= 0.3 is 0 Å². The summed E-state index contributed by atoms with van der Waals surface area (Å²) < 4.78 is 0. The van der Waals surface area contributed by atoms with Gasteiger partial charge in [0, 0.05) is 65.4 Å². The van der Waals surface area contributed by atoms with Crippen LogP contribution in [0.4, 0.5) is 0 Å². The van der Waals surface area contributed by atoms with Crippen molar-refractivity contribution in [1.29, 1.82) is 0 Å². The van der Waals surface area contributed by atoms with Gasteiger partial charge in [-0.3, -0.25) is 0 Å². The Kier molecular flexibility index (Phi) is 19.4. The van der Waals surface area contributed by atoms with Crippen LogP contribution in [-0.4, -0.2) is 5.78 Å². The van der Waals surface area contributed by atoms with Crippen LogP contribution >= 0.6 is 0 Å². The summed E-state index contributed by atoms with van der Waals surface area (Å²) in [5.41, 5.74) is 0. The number of Topliss-reactive ketones (excluding diaryl/α,β-unsaturated/α-hetero) is 1. The monoisotopic (exact) mass is 290 g/mol. The Morgan fingerprint density at radius 3 is 1.50 bits per heavy atom. The summed E-state index contributed by atoms with van der Waals surface area (Å²) in [6.07, 6.45) is 3.78. The normalized spacial score (nSPS) is 8.00. The van der Waals surface area contributed by atoms with Gasteiger partial charge in [0.1, 0.15) is 0 Å². The Hall–Kier alpha value is 1.88. The molecular weight excluding hydrogens is 278 g/mol. The molecule has 0 N–H and O–H groups in total. The molecule has 0 aromatic rings. The molecule has 0 aliphatic rings. The third-order valence-electron chi connectivity index (χ3n) is 1.19. The fraction of sp³-hybridized carbons (Fsp3) is 0.571. The molecule has 1 nitrogen and oxygen atoms in total. The zero-order valence-electron chi connectivity index (χ0n) is 6.79. The third kappa shape index (κ3) is 7.98. The molecule has 0 aromatic carbocycles. The zero-order chi connectivity index (χ0) is 6.57. The molecule has 0 unspecified atom stereocenters. The van der Waals surface area contributed by atoms with Crippen LogP contribution in [-0.2, 0) is 70.2 Å². The van der Waals surface area contributed by atoms with Crippen molar-refractivity contribution >= 4 is 5.78 Å². The first kappa shape index (κ1) is 17.8. The summed E-state index contributed by atoms with van der Waals surface area (Å²) in [5, 5.41) is 0. The fourth-order valence-electron chi connectivity index (χ4n) is 0.662. The molecule has 0 amide bonds. The molecular formula is C7H12OY2-2. The van der Waals surface area contributed by atoms with Gasteiger partial charge in [0.05, 0.1) is 5.78 Å². The Morgan fingerprint density at radius 2 is 1.50 bits per heavy atom. The van der Waals surface area contributed by atoms with Crippen LogP contribution in [0.2, 0.25) is 0 Å². The summed E-state index contributed by atoms with van der Waals surface area (Å²) in [5.74, 6) is 0.282. The van der Waals surface area contributed by atoms with E-state index in [2.05, 4.69) is 0 Å². The number of carbonyl (C=O) groups excluding carboxylic acids is 1. The molecule has 54 valence electrons. The second kappa shape index (κ2) is 10.9. The molecule has 10 heavy (non-hydrogen) atoms. The van der Waals surface area contributed by atoms with Gasteiger partial charge in [-0.25, -0.2) is 5.92 Å². The van der Waals surface area contributed by atoms with Crippen molar-refractivity contribution in [2.24, 2.45) is 5.92 Å². The first-order valence-corrected chi connectivity index (χ1v) is 2.81. The van der Waals surface area contributed by atoms with E-state index in [0.29, 0.717) is 0 Å². The maximum atomic E-state index is 10.5. The van der Waals surface area contributed by atoms with Gasteiger partial charge in [-0.1, -0.05) is 0 Å². The first-order chi connectivity index (χ1) is 3.72. The Bertz CT molecular complexity index is 79.7. The summed E-state index contributed by atoms with van der Waals surface area (Å²) >= 11 is 0. The van der Waals surface area contributed by atoms with E-state index in [1.807, 2.05) is 26.7 Å². The maximum Gasteiger partial charge on any atom is 0.0749 e. The quantitative estimate of drug-likeness (QED) is 0.722. The van der Waals surface area contributed by atoms with Crippen LogP contribution in [0.15, 0.2) is 0 Å².